The molecule has 0 unspecified atom stereocenters. The minimum atomic E-state index is -3.13. The summed E-state index contributed by atoms with van der Waals surface area (Å²) >= 11 is 0. The molecule has 4 nitrogen and oxygen atoms in total. The van der Waals surface area contributed by atoms with Gasteiger partial charge in [-0.25, -0.2) is 0 Å². The van der Waals surface area contributed by atoms with Crippen molar-refractivity contribution in [3.05, 3.63) is 35.4 Å². The van der Waals surface area contributed by atoms with Crippen LogP contribution in [0.25, 0.3) is 0 Å². The third kappa shape index (κ3) is 5.65. The molecule has 14 heavy (non-hydrogen) atoms. The summed E-state index contributed by atoms with van der Waals surface area (Å²) in [5.74, 6) is 0.137. The Morgan fingerprint density at radius 2 is 1.71 bits per heavy atom. The van der Waals surface area contributed by atoms with E-state index in [1.807, 2.05) is 31.2 Å². The first-order chi connectivity index (χ1) is 6.45. The van der Waals surface area contributed by atoms with Crippen molar-refractivity contribution < 1.29 is 19.1 Å². The average Bonchev–Trinajstić information content (AvgIpc) is 2.03. The van der Waals surface area contributed by atoms with Crippen molar-refractivity contribution in [2.24, 2.45) is 0 Å². The first kappa shape index (κ1) is 13.0. The van der Waals surface area contributed by atoms with Crippen LogP contribution in [0.15, 0.2) is 24.3 Å². The van der Waals surface area contributed by atoms with Crippen LogP contribution in [0.2, 0.25) is 0 Å². The van der Waals surface area contributed by atoms with Gasteiger partial charge >= 0.3 is 8.25 Å². The number of Topliss-reactive ketones (excluding diaryl/α,β-unsaturated/α-hetero) is 1. The van der Waals surface area contributed by atoms with Crippen LogP contribution in [0.5, 0.6) is 0 Å². The Kier molecular flexibility index (Phi) is 6.04. The number of rotatable bonds is 1. The van der Waals surface area contributed by atoms with Crippen LogP contribution in [0.1, 0.15) is 22.8 Å². The smallest absolute Gasteiger partial charge is 0.314 e. The van der Waals surface area contributed by atoms with Gasteiger partial charge in [0.05, 0.1) is 0 Å². The molecule has 78 valence electrons. The maximum absolute atomic E-state index is 10.9. The van der Waals surface area contributed by atoms with E-state index in [0.717, 1.165) is 11.1 Å². The van der Waals surface area contributed by atoms with E-state index in [2.05, 4.69) is 0 Å². The Hall–Kier alpha value is -0.960. The second-order valence-corrected chi connectivity index (χ2v) is 3.22. The van der Waals surface area contributed by atoms with Crippen LogP contribution in [0.3, 0.4) is 0 Å². The summed E-state index contributed by atoms with van der Waals surface area (Å²) in [5.41, 5.74) is 1.87. The number of carbonyl (C=O) groups is 1. The van der Waals surface area contributed by atoms with E-state index in [1.165, 1.54) is 0 Å². The molecule has 0 amide bonds. The number of carbonyl (C=O) groups excluding carboxylic acids is 1. The summed E-state index contributed by atoms with van der Waals surface area (Å²) in [6.07, 6.45) is 0. The molecule has 1 rings (SSSR count). The van der Waals surface area contributed by atoms with Gasteiger partial charge in [0.25, 0.3) is 0 Å². The van der Waals surface area contributed by atoms with Crippen molar-refractivity contribution in [3.8, 4) is 0 Å². The van der Waals surface area contributed by atoms with Crippen LogP contribution >= 0.6 is 8.25 Å². The third-order valence-corrected chi connectivity index (χ3v) is 1.52. The molecule has 0 aliphatic heterocycles. The lowest BCUT2D eigenvalue weighted by molar-refractivity contribution is 0.101. The lowest BCUT2D eigenvalue weighted by atomic mass is 10.1. The monoisotopic (exact) mass is 216 g/mol. The van der Waals surface area contributed by atoms with Gasteiger partial charge in [-0.3, -0.25) is 9.36 Å². The van der Waals surface area contributed by atoms with Gasteiger partial charge in [-0.2, -0.15) is 0 Å². The fourth-order valence-corrected chi connectivity index (χ4v) is 0.968. The second-order valence-electron chi connectivity index (χ2n) is 2.65. The van der Waals surface area contributed by atoms with E-state index in [-0.39, 0.29) is 5.78 Å². The van der Waals surface area contributed by atoms with E-state index in [0.29, 0.717) is 0 Å². The first-order valence-electron chi connectivity index (χ1n) is 3.93. The van der Waals surface area contributed by atoms with E-state index >= 15 is 0 Å². The van der Waals surface area contributed by atoms with Gasteiger partial charge in [-0.1, -0.05) is 24.3 Å². The van der Waals surface area contributed by atoms with Gasteiger partial charge in [0.15, 0.2) is 5.78 Å². The number of benzene rings is 1. The molecule has 1 aromatic rings. The standard InChI is InChI=1S/C9H10O.H3O3P/c1-7-5-3-4-6-9(7)8(2)10;1-4(2)3/h3-6H,1-2H3;4H,(H2,1,2,3). The molecule has 0 aromatic heterocycles. The normalized spacial score (nSPS) is 9.21. The highest BCUT2D eigenvalue weighted by atomic mass is 31.1. The van der Waals surface area contributed by atoms with Crippen molar-refractivity contribution in [3.63, 3.8) is 0 Å². The van der Waals surface area contributed by atoms with Crippen molar-refractivity contribution in [1.29, 1.82) is 0 Å². The Bertz CT molecular complexity index is 331. The van der Waals surface area contributed by atoms with Gasteiger partial charge in [0.2, 0.25) is 0 Å². The fourth-order valence-electron chi connectivity index (χ4n) is 0.968. The maximum atomic E-state index is 10.9. The van der Waals surface area contributed by atoms with E-state index in [4.69, 9.17) is 14.4 Å². The molecule has 0 aliphatic rings. The summed E-state index contributed by atoms with van der Waals surface area (Å²) in [4.78, 5) is 25.2. The molecule has 0 saturated heterocycles. The molecule has 0 fully saturated rings. The summed E-state index contributed by atoms with van der Waals surface area (Å²) < 4.78 is 8.74. The predicted molar refractivity (Wildman–Crippen MR) is 54.6 cm³/mol. The van der Waals surface area contributed by atoms with Gasteiger partial charge in [0, 0.05) is 5.56 Å². The zero-order valence-electron chi connectivity index (χ0n) is 8.02. The van der Waals surface area contributed by atoms with Crippen LogP contribution in [0, 0.1) is 6.92 Å². The number of hydrogen-bond acceptors (Lipinski definition) is 2. The number of aryl methyl sites for hydroxylation is 1. The van der Waals surface area contributed by atoms with Crippen molar-refractivity contribution >= 4 is 14.0 Å². The van der Waals surface area contributed by atoms with Gasteiger partial charge < -0.3 is 9.79 Å². The van der Waals surface area contributed by atoms with Crippen molar-refractivity contribution in [2.75, 3.05) is 0 Å². The molecular formula is C9H13O4P. The third-order valence-electron chi connectivity index (χ3n) is 1.52. The van der Waals surface area contributed by atoms with E-state index in [1.54, 1.807) is 6.92 Å². The van der Waals surface area contributed by atoms with Crippen LogP contribution in [-0.4, -0.2) is 15.6 Å². The van der Waals surface area contributed by atoms with Gasteiger partial charge in [0.1, 0.15) is 0 Å². The molecule has 0 saturated carbocycles. The van der Waals surface area contributed by atoms with Crippen molar-refractivity contribution in [2.45, 2.75) is 13.8 Å². The number of ketones is 1. The summed E-state index contributed by atoms with van der Waals surface area (Å²) in [5, 5.41) is 0. The lowest BCUT2D eigenvalue weighted by Crippen LogP contribution is -1.93. The Morgan fingerprint density at radius 1 is 1.29 bits per heavy atom. The van der Waals surface area contributed by atoms with Crippen LogP contribution in [0.4, 0.5) is 0 Å². The molecule has 5 heteroatoms. The zero-order chi connectivity index (χ0) is 11.1. The SMILES string of the molecule is CC(=O)c1ccccc1C.O=[PH](O)O. The second kappa shape index (κ2) is 6.49. The Labute approximate surface area is 83.2 Å². The van der Waals surface area contributed by atoms with Crippen LogP contribution in [-0.2, 0) is 4.57 Å². The highest BCUT2D eigenvalue weighted by Crippen LogP contribution is 2.06. The molecule has 0 aliphatic carbocycles. The molecule has 2 N–H and O–H groups in total. The van der Waals surface area contributed by atoms with E-state index in [9.17, 15) is 4.79 Å². The molecule has 0 bridgehead atoms. The minimum absolute atomic E-state index is 0.137. The minimum Gasteiger partial charge on any atom is -0.326 e. The van der Waals surface area contributed by atoms with Gasteiger partial charge in [-0.15, -0.1) is 0 Å². The topological polar surface area (TPSA) is 74.6 Å². The summed E-state index contributed by atoms with van der Waals surface area (Å²) in [6, 6.07) is 7.60. The van der Waals surface area contributed by atoms with Gasteiger partial charge in [-0.05, 0) is 19.4 Å². The maximum Gasteiger partial charge on any atom is 0.314 e. The molecule has 0 radical (unpaired) electrons. The predicted octanol–water partition coefficient (Wildman–Crippen LogP) is 1.56. The lowest BCUT2D eigenvalue weighted by Gasteiger charge is -1.97. The molecule has 0 heterocycles. The molecule has 0 atom stereocenters. The molecular weight excluding hydrogens is 203 g/mol. The molecule has 0 spiro atoms. The Morgan fingerprint density at radius 3 is 2.00 bits per heavy atom. The summed E-state index contributed by atoms with van der Waals surface area (Å²) in [7, 11) is -3.13. The zero-order valence-corrected chi connectivity index (χ0v) is 9.02. The first-order valence-corrected chi connectivity index (χ1v) is 5.24. The van der Waals surface area contributed by atoms with Crippen LogP contribution < -0.4 is 0 Å². The highest BCUT2D eigenvalue weighted by Gasteiger charge is 1.99. The average molecular weight is 216 g/mol. The number of hydrogen-bond donors (Lipinski definition) is 2. The van der Waals surface area contributed by atoms with E-state index < -0.39 is 8.25 Å². The highest BCUT2D eigenvalue weighted by molar-refractivity contribution is 7.30. The quantitative estimate of drug-likeness (QED) is 0.551. The Balaban J connectivity index is 0.000000364. The van der Waals surface area contributed by atoms with Crippen molar-refractivity contribution in [1.82, 2.24) is 0 Å². The summed E-state index contributed by atoms with van der Waals surface area (Å²) in [6.45, 7) is 3.53. The molecule has 1 aromatic carbocycles. The largest absolute Gasteiger partial charge is 0.326 e. The fraction of sp³-hybridized carbons (Fsp3) is 0.222.